The summed E-state index contributed by atoms with van der Waals surface area (Å²) in [6, 6.07) is 0. The van der Waals surface area contributed by atoms with E-state index in [9.17, 15) is 4.79 Å². The Bertz CT molecular complexity index is 298. The number of halogens is 1. The fraction of sp³-hybridized carbons (Fsp3) is 0.375. The number of carbonyl (C=O) groups is 1. The van der Waals surface area contributed by atoms with Crippen LogP contribution in [0.1, 0.15) is 24.5 Å². The number of carbonyl (C=O) groups excluding carboxylic acids is 1. The Morgan fingerprint density at radius 1 is 1.46 bits per heavy atom. The lowest BCUT2D eigenvalue weighted by Gasteiger charge is -2.05. The second kappa shape index (κ2) is 4.50. The van der Waals surface area contributed by atoms with Crippen LogP contribution in [0.5, 0.6) is 0 Å². The van der Waals surface area contributed by atoms with Gasteiger partial charge in [0, 0.05) is 16.0 Å². The van der Waals surface area contributed by atoms with Crippen LogP contribution in [0.4, 0.5) is 0 Å². The SMILES string of the molecule is CC(C)OC(=O)c1ncc(I)cn1. The standard InChI is InChI=1S/C8H9IN2O2/c1-5(2)13-8(12)7-10-3-6(9)4-11-7/h3-5H,1-2H3. The molecule has 0 atom stereocenters. The van der Waals surface area contributed by atoms with Crippen molar-refractivity contribution in [2.75, 3.05) is 0 Å². The van der Waals surface area contributed by atoms with Crippen LogP contribution in [0.25, 0.3) is 0 Å². The molecule has 0 radical (unpaired) electrons. The highest BCUT2D eigenvalue weighted by Crippen LogP contribution is 2.01. The van der Waals surface area contributed by atoms with Crippen molar-refractivity contribution in [3.8, 4) is 0 Å². The monoisotopic (exact) mass is 292 g/mol. The van der Waals surface area contributed by atoms with Crippen molar-refractivity contribution in [3.63, 3.8) is 0 Å². The number of rotatable bonds is 2. The molecule has 13 heavy (non-hydrogen) atoms. The lowest BCUT2D eigenvalue weighted by molar-refractivity contribution is 0.0363. The molecule has 0 amide bonds. The van der Waals surface area contributed by atoms with Gasteiger partial charge in [-0.2, -0.15) is 0 Å². The molecule has 0 aliphatic heterocycles. The van der Waals surface area contributed by atoms with E-state index in [-0.39, 0.29) is 11.9 Å². The minimum atomic E-state index is -0.480. The molecule has 0 fully saturated rings. The lowest BCUT2D eigenvalue weighted by atomic mass is 10.5. The molecule has 1 aromatic heterocycles. The Balaban J connectivity index is 2.72. The van der Waals surface area contributed by atoms with E-state index in [4.69, 9.17) is 4.74 Å². The van der Waals surface area contributed by atoms with Gasteiger partial charge in [0.2, 0.25) is 5.82 Å². The number of hydrogen-bond acceptors (Lipinski definition) is 4. The fourth-order valence-corrected chi connectivity index (χ4v) is 0.963. The summed E-state index contributed by atoms with van der Waals surface area (Å²) in [5.41, 5.74) is 0. The molecule has 0 unspecified atom stereocenters. The third kappa shape index (κ3) is 3.25. The predicted octanol–water partition coefficient (Wildman–Crippen LogP) is 1.65. The van der Waals surface area contributed by atoms with Crippen molar-refractivity contribution in [1.29, 1.82) is 0 Å². The highest BCUT2D eigenvalue weighted by molar-refractivity contribution is 14.1. The van der Waals surface area contributed by atoms with Gasteiger partial charge in [-0.3, -0.25) is 0 Å². The van der Waals surface area contributed by atoms with Crippen molar-refractivity contribution < 1.29 is 9.53 Å². The molecule has 0 saturated carbocycles. The van der Waals surface area contributed by atoms with Gasteiger partial charge >= 0.3 is 5.97 Å². The van der Waals surface area contributed by atoms with Crippen LogP contribution in [-0.2, 0) is 4.74 Å². The first-order valence-electron chi connectivity index (χ1n) is 3.78. The van der Waals surface area contributed by atoms with E-state index in [1.165, 1.54) is 0 Å². The van der Waals surface area contributed by atoms with E-state index < -0.39 is 5.97 Å². The second-order valence-electron chi connectivity index (χ2n) is 2.68. The molecule has 1 heterocycles. The molecule has 0 aliphatic carbocycles. The van der Waals surface area contributed by atoms with Gasteiger partial charge < -0.3 is 4.74 Å². The van der Waals surface area contributed by atoms with Crippen molar-refractivity contribution >= 4 is 28.6 Å². The largest absolute Gasteiger partial charge is 0.457 e. The molecular weight excluding hydrogens is 283 g/mol. The second-order valence-corrected chi connectivity index (χ2v) is 3.92. The van der Waals surface area contributed by atoms with Gasteiger partial charge in [0.1, 0.15) is 0 Å². The number of esters is 1. The van der Waals surface area contributed by atoms with E-state index in [2.05, 4.69) is 32.6 Å². The number of hydrogen-bond donors (Lipinski definition) is 0. The smallest absolute Gasteiger partial charge is 0.376 e. The summed E-state index contributed by atoms with van der Waals surface area (Å²) in [6.07, 6.45) is 3.00. The summed E-state index contributed by atoms with van der Waals surface area (Å²) in [5.74, 6) is -0.375. The van der Waals surface area contributed by atoms with E-state index >= 15 is 0 Å². The first-order chi connectivity index (χ1) is 6.09. The highest BCUT2D eigenvalue weighted by atomic mass is 127. The Morgan fingerprint density at radius 3 is 2.46 bits per heavy atom. The normalized spacial score (nSPS) is 10.2. The summed E-state index contributed by atoms with van der Waals surface area (Å²) < 4.78 is 5.80. The van der Waals surface area contributed by atoms with Crippen molar-refractivity contribution in [2.24, 2.45) is 0 Å². The molecule has 5 heteroatoms. The van der Waals surface area contributed by atoms with Gasteiger partial charge in [-0.1, -0.05) is 0 Å². The summed E-state index contributed by atoms with van der Waals surface area (Å²) in [7, 11) is 0. The van der Waals surface area contributed by atoms with Gasteiger partial charge in [-0.25, -0.2) is 14.8 Å². The zero-order valence-corrected chi connectivity index (χ0v) is 9.48. The van der Waals surface area contributed by atoms with Crippen molar-refractivity contribution in [1.82, 2.24) is 9.97 Å². The first-order valence-corrected chi connectivity index (χ1v) is 4.86. The van der Waals surface area contributed by atoms with Crippen LogP contribution in [0.3, 0.4) is 0 Å². The van der Waals surface area contributed by atoms with E-state index in [0.717, 1.165) is 3.57 Å². The molecular formula is C8H9IN2O2. The van der Waals surface area contributed by atoms with Crippen LogP contribution in [0, 0.1) is 3.57 Å². The molecule has 70 valence electrons. The first kappa shape index (κ1) is 10.4. The minimum Gasteiger partial charge on any atom is -0.457 e. The Morgan fingerprint density at radius 2 is 2.00 bits per heavy atom. The predicted molar refractivity (Wildman–Crippen MR) is 55.3 cm³/mol. The summed E-state index contributed by atoms with van der Waals surface area (Å²) in [4.78, 5) is 18.9. The van der Waals surface area contributed by atoms with Crippen LogP contribution < -0.4 is 0 Å². The van der Waals surface area contributed by atoms with Gasteiger partial charge in [0.25, 0.3) is 0 Å². The average molecular weight is 292 g/mol. The fourth-order valence-electron chi connectivity index (χ4n) is 0.684. The maximum Gasteiger partial charge on any atom is 0.376 e. The van der Waals surface area contributed by atoms with E-state index in [0.29, 0.717) is 0 Å². The average Bonchev–Trinajstić information content (AvgIpc) is 2.04. The highest BCUT2D eigenvalue weighted by Gasteiger charge is 2.11. The zero-order valence-electron chi connectivity index (χ0n) is 7.32. The molecule has 1 rings (SSSR count). The molecule has 0 saturated heterocycles. The van der Waals surface area contributed by atoms with Gasteiger partial charge in [0.05, 0.1) is 6.10 Å². The van der Waals surface area contributed by atoms with Gasteiger partial charge in [0.15, 0.2) is 0 Å². The number of nitrogens with zero attached hydrogens (tertiary/aromatic N) is 2. The summed E-state index contributed by atoms with van der Waals surface area (Å²) in [5, 5.41) is 0. The number of aromatic nitrogens is 2. The lowest BCUT2D eigenvalue weighted by Crippen LogP contribution is -2.14. The molecule has 4 nitrogen and oxygen atoms in total. The quantitative estimate of drug-likeness (QED) is 0.614. The topological polar surface area (TPSA) is 52.1 Å². The molecule has 0 aromatic carbocycles. The molecule has 0 bridgehead atoms. The maximum atomic E-state index is 11.2. The van der Waals surface area contributed by atoms with Gasteiger partial charge in [-0.05, 0) is 36.4 Å². The summed E-state index contributed by atoms with van der Waals surface area (Å²) >= 11 is 2.07. The van der Waals surface area contributed by atoms with E-state index in [1.54, 1.807) is 26.2 Å². The zero-order chi connectivity index (χ0) is 9.84. The van der Waals surface area contributed by atoms with Crippen LogP contribution in [0.2, 0.25) is 0 Å². The van der Waals surface area contributed by atoms with Crippen LogP contribution >= 0.6 is 22.6 Å². The maximum absolute atomic E-state index is 11.2. The third-order valence-electron chi connectivity index (χ3n) is 1.15. The van der Waals surface area contributed by atoms with Crippen molar-refractivity contribution in [3.05, 3.63) is 21.8 Å². The molecule has 0 N–H and O–H groups in total. The van der Waals surface area contributed by atoms with E-state index in [1.807, 2.05) is 0 Å². The number of ether oxygens (including phenoxy) is 1. The van der Waals surface area contributed by atoms with Crippen molar-refractivity contribution in [2.45, 2.75) is 20.0 Å². The van der Waals surface area contributed by atoms with Crippen LogP contribution in [0.15, 0.2) is 12.4 Å². The Labute approximate surface area is 89.9 Å². The molecule has 0 spiro atoms. The van der Waals surface area contributed by atoms with Crippen LogP contribution in [-0.4, -0.2) is 22.0 Å². The summed E-state index contributed by atoms with van der Waals surface area (Å²) in [6.45, 7) is 3.56. The molecule has 1 aromatic rings. The molecule has 0 aliphatic rings. The Hall–Kier alpha value is -0.720. The van der Waals surface area contributed by atoms with Gasteiger partial charge in [-0.15, -0.1) is 0 Å². The third-order valence-corrected chi connectivity index (χ3v) is 1.70. The Kier molecular flexibility index (Phi) is 3.58. The minimum absolute atomic E-state index is 0.106.